The molecule has 1 aliphatic rings. The van der Waals surface area contributed by atoms with Gasteiger partial charge in [0.05, 0.1) is 0 Å². The first kappa shape index (κ1) is 11.9. The molecule has 0 fully saturated rings. The minimum absolute atomic E-state index is 0. The third-order valence-electron chi connectivity index (χ3n) is 2.24. The molecular formula is C11H12NPtS-. The number of hydrogen-bond acceptors (Lipinski definition) is 2. The molecule has 1 aliphatic heterocycles. The first-order valence-electron chi connectivity index (χ1n) is 4.31. The first-order chi connectivity index (χ1) is 6.29. The molecule has 2 rings (SSSR count). The first-order valence-corrected chi connectivity index (χ1v) is 5.19. The second-order valence-corrected chi connectivity index (χ2v) is 4.13. The number of thioether (sulfide) groups is 1. The molecule has 0 amide bonds. The Morgan fingerprint density at radius 1 is 1.14 bits per heavy atom. The quantitative estimate of drug-likeness (QED) is 0.680. The van der Waals surface area contributed by atoms with Crippen molar-refractivity contribution in [3.8, 4) is 0 Å². The van der Waals surface area contributed by atoms with Crippen molar-refractivity contribution in [2.75, 3.05) is 4.90 Å². The van der Waals surface area contributed by atoms with Crippen LogP contribution in [0.5, 0.6) is 0 Å². The summed E-state index contributed by atoms with van der Waals surface area (Å²) in [6.07, 6.45) is 0. The Labute approximate surface area is 104 Å². The summed E-state index contributed by atoms with van der Waals surface area (Å²) in [6, 6.07) is 10.4. The zero-order valence-electron chi connectivity index (χ0n) is 8.14. The van der Waals surface area contributed by atoms with Crippen molar-refractivity contribution in [1.82, 2.24) is 0 Å². The molecule has 0 saturated carbocycles. The second-order valence-electron chi connectivity index (χ2n) is 3.07. The number of allylic oxidation sites excluding steroid dienone is 2. The summed E-state index contributed by atoms with van der Waals surface area (Å²) in [4.78, 5) is 3.60. The van der Waals surface area contributed by atoms with Crippen molar-refractivity contribution >= 4 is 17.4 Å². The molecule has 0 aromatic heterocycles. The van der Waals surface area contributed by atoms with Gasteiger partial charge in [0, 0.05) is 26.8 Å². The molecule has 1 aromatic rings. The van der Waals surface area contributed by atoms with Crippen molar-refractivity contribution in [3.05, 3.63) is 46.8 Å². The van der Waals surface area contributed by atoms with E-state index in [2.05, 4.69) is 48.9 Å². The molecule has 1 aromatic carbocycles. The van der Waals surface area contributed by atoms with Gasteiger partial charge in [0.1, 0.15) is 0 Å². The molecule has 0 saturated heterocycles. The van der Waals surface area contributed by atoms with Crippen LogP contribution in [0.2, 0.25) is 0 Å². The fourth-order valence-corrected chi connectivity index (χ4v) is 2.12. The molecule has 0 aliphatic carbocycles. The summed E-state index contributed by atoms with van der Waals surface area (Å²) in [5, 5.41) is 0. The standard InChI is InChI=1S/C11H12NS.Pt/c1-9-10(2)13-8-12(9)11-6-4-3-5-7-11;/h3-8H,1-2H3;/q-1;. The Morgan fingerprint density at radius 2 is 1.79 bits per heavy atom. The van der Waals surface area contributed by atoms with Crippen LogP contribution in [0, 0.1) is 5.88 Å². The van der Waals surface area contributed by atoms with Crippen LogP contribution >= 0.6 is 11.8 Å². The van der Waals surface area contributed by atoms with Crippen LogP contribution in [0.3, 0.4) is 0 Å². The average molecular weight is 385 g/mol. The average Bonchev–Trinajstić information content (AvgIpc) is 2.49. The number of benzene rings is 1. The molecule has 14 heavy (non-hydrogen) atoms. The van der Waals surface area contributed by atoms with Crippen LogP contribution in [-0.2, 0) is 21.1 Å². The molecule has 1 nitrogen and oxygen atoms in total. The van der Waals surface area contributed by atoms with Crippen LogP contribution in [0.4, 0.5) is 5.69 Å². The molecule has 0 atom stereocenters. The SMILES string of the molecule is CC1=C(C)N(c2ccccc2)[CH-]S1.[Pt]. The van der Waals surface area contributed by atoms with Crippen molar-refractivity contribution in [2.24, 2.45) is 0 Å². The van der Waals surface area contributed by atoms with Gasteiger partial charge in [-0.15, -0.1) is 0 Å². The molecule has 0 N–H and O–H groups in total. The van der Waals surface area contributed by atoms with Gasteiger partial charge in [-0.3, -0.25) is 11.8 Å². The summed E-state index contributed by atoms with van der Waals surface area (Å²) in [5.41, 5.74) is 2.57. The van der Waals surface area contributed by atoms with Crippen LogP contribution in [0.15, 0.2) is 40.9 Å². The van der Waals surface area contributed by atoms with E-state index < -0.39 is 0 Å². The molecular weight excluding hydrogens is 373 g/mol. The van der Waals surface area contributed by atoms with Crippen LogP contribution < -0.4 is 4.90 Å². The number of nitrogens with zero attached hydrogens (tertiary/aromatic N) is 1. The third kappa shape index (κ3) is 2.24. The number of para-hydroxylation sites is 1. The van der Waals surface area contributed by atoms with E-state index in [1.807, 2.05) is 6.07 Å². The molecule has 0 radical (unpaired) electrons. The Balaban J connectivity index is 0.000000980. The predicted molar refractivity (Wildman–Crippen MR) is 59.2 cm³/mol. The summed E-state index contributed by atoms with van der Waals surface area (Å²) in [7, 11) is 0. The topological polar surface area (TPSA) is 3.24 Å². The van der Waals surface area contributed by atoms with E-state index in [1.165, 1.54) is 16.3 Å². The fraction of sp³-hybridized carbons (Fsp3) is 0.182. The smallest absolute Gasteiger partial charge is 0.0118 e. The zero-order chi connectivity index (χ0) is 9.26. The monoisotopic (exact) mass is 385 g/mol. The predicted octanol–water partition coefficient (Wildman–Crippen LogP) is 3.61. The minimum Gasteiger partial charge on any atom is -0.487 e. The number of rotatable bonds is 1. The van der Waals surface area contributed by atoms with Crippen molar-refractivity contribution in [1.29, 1.82) is 0 Å². The van der Waals surface area contributed by atoms with Gasteiger partial charge in [-0.1, -0.05) is 18.2 Å². The summed E-state index contributed by atoms with van der Waals surface area (Å²) < 4.78 is 0. The van der Waals surface area contributed by atoms with E-state index in [1.54, 1.807) is 11.8 Å². The van der Waals surface area contributed by atoms with Gasteiger partial charge in [-0.05, 0) is 36.6 Å². The molecule has 0 spiro atoms. The largest absolute Gasteiger partial charge is 0.487 e. The normalized spacial score (nSPS) is 15.7. The molecule has 1 heterocycles. The van der Waals surface area contributed by atoms with Crippen LogP contribution in [0.25, 0.3) is 0 Å². The number of anilines is 1. The summed E-state index contributed by atoms with van der Waals surface area (Å²) >= 11 is 1.79. The van der Waals surface area contributed by atoms with E-state index in [0.29, 0.717) is 0 Å². The van der Waals surface area contributed by atoms with Gasteiger partial charge in [-0.2, -0.15) is 5.88 Å². The van der Waals surface area contributed by atoms with Gasteiger partial charge in [-0.25, -0.2) is 0 Å². The van der Waals surface area contributed by atoms with Gasteiger partial charge < -0.3 is 4.90 Å². The fourth-order valence-electron chi connectivity index (χ4n) is 1.31. The van der Waals surface area contributed by atoms with E-state index in [-0.39, 0.29) is 21.1 Å². The second kappa shape index (κ2) is 5.04. The molecule has 0 unspecified atom stereocenters. The van der Waals surface area contributed by atoms with E-state index >= 15 is 0 Å². The molecule has 0 bridgehead atoms. The van der Waals surface area contributed by atoms with Crippen LogP contribution in [-0.4, -0.2) is 0 Å². The molecule has 3 heteroatoms. The van der Waals surface area contributed by atoms with Gasteiger partial charge in [0.25, 0.3) is 0 Å². The maximum Gasteiger partial charge on any atom is 0.0118 e. The maximum absolute atomic E-state index is 2.22. The third-order valence-corrected chi connectivity index (χ3v) is 3.21. The van der Waals surface area contributed by atoms with Gasteiger partial charge >= 0.3 is 0 Å². The van der Waals surface area contributed by atoms with Crippen LogP contribution in [0.1, 0.15) is 13.8 Å². The summed E-state index contributed by atoms with van der Waals surface area (Å²) in [6.45, 7) is 4.30. The molecule has 78 valence electrons. The Morgan fingerprint density at radius 3 is 2.29 bits per heavy atom. The van der Waals surface area contributed by atoms with Crippen molar-refractivity contribution in [2.45, 2.75) is 13.8 Å². The van der Waals surface area contributed by atoms with E-state index in [0.717, 1.165) is 0 Å². The van der Waals surface area contributed by atoms with Crippen molar-refractivity contribution < 1.29 is 21.1 Å². The number of hydrogen-bond donors (Lipinski definition) is 0. The van der Waals surface area contributed by atoms with E-state index in [4.69, 9.17) is 0 Å². The van der Waals surface area contributed by atoms with Gasteiger partial charge in [0.2, 0.25) is 0 Å². The zero-order valence-corrected chi connectivity index (χ0v) is 11.2. The Bertz CT molecular complexity index is 334. The van der Waals surface area contributed by atoms with E-state index in [9.17, 15) is 0 Å². The Kier molecular flexibility index (Phi) is 4.27. The Hall–Kier alpha value is -0.202. The summed E-state index contributed by atoms with van der Waals surface area (Å²) in [5.74, 6) is 2.15. The van der Waals surface area contributed by atoms with Gasteiger partial charge in [0.15, 0.2) is 0 Å². The van der Waals surface area contributed by atoms with Crippen molar-refractivity contribution in [3.63, 3.8) is 0 Å². The minimum atomic E-state index is 0. The maximum atomic E-state index is 2.22.